The van der Waals surface area contributed by atoms with Crippen LogP contribution < -0.4 is 10.1 Å². The molecule has 0 spiro atoms. The van der Waals surface area contributed by atoms with Crippen LogP contribution in [0.5, 0.6) is 5.75 Å². The minimum absolute atomic E-state index is 0.236. The van der Waals surface area contributed by atoms with E-state index < -0.39 is 6.10 Å². The second-order valence-electron chi connectivity index (χ2n) is 4.41. The van der Waals surface area contributed by atoms with Crippen LogP contribution in [0.3, 0.4) is 0 Å². The summed E-state index contributed by atoms with van der Waals surface area (Å²) in [7, 11) is 1.81. The van der Waals surface area contributed by atoms with Gasteiger partial charge < -0.3 is 14.6 Å². The maximum Gasteiger partial charge on any atom is 0.261 e. The summed E-state index contributed by atoms with van der Waals surface area (Å²) in [6, 6.07) is 5.12. The normalized spacial score (nSPS) is 12.0. The summed E-state index contributed by atoms with van der Waals surface area (Å²) in [6.07, 6.45) is 0.933. The van der Waals surface area contributed by atoms with Gasteiger partial charge in [-0.3, -0.25) is 4.79 Å². The van der Waals surface area contributed by atoms with Gasteiger partial charge >= 0.3 is 0 Å². The molecule has 2 rings (SSSR count). The zero-order valence-electron chi connectivity index (χ0n) is 11.5. The molecular weight excluding hydrogens is 360 g/mol. The number of carbonyl (C=O) groups excluding carboxylic acids is 1. The quantitative estimate of drug-likeness (QED) is 0.873. The van der Waals surface area contributed by atoms with Crippen LogP contribution in [-0.4, -0.2) is 26.8 Å². The van der Waals surface area contributed by atoms with E-state index in [-0.39, 0.29) is 5.91 Å². The standard InChI is InChI=1S/C13H14BrClN4O2/c1-8(21-11-4-3-9(15)5-10(11)14)13(20)16-6-12-18-17-7-19(12)2/h3-5,7-8H,6H2,1-2H3,(H,16,20)/t8-/m0/s1. The fourth-order valence-corrected chi connectivity index (χ4v) is 2.37. The third kappa shape index (κ3) is 4.18. The number of halogens is 2. The number of hydrogen-bond acceptors (Lipinski definition) is 4. The molecule has 0 aliphatic carbocycles. The molecule has 1 amide bonds. The van der Waals surface area contributed by atoms with Crippen LogP contribution in [0.15, 0.2) is 29.0 Å². The van der Waals surface area contributed by atoms with E-state index in [1.807, 2.05) is 7.05 Å². The zero-order chi connectivity index (χ0) is 15.4. The number of carbonyl (C=O) groups is 1. The highest BCUT2D eigenvalue weighted by Crippen LogP contribution is 2.28. The summed E-state index contributed by atoms with van der Waals surface area (Å²) in [5.41, 5.74) is 0. The molecule has 0 radical (unpaired) electrons. The molecular formula is C13H14BrClN4O2. The van der Waals surface area contributed by atoms with E-state index in [1.165, 1.54) is 0 Å². The summed E-state index contributed by atoms with van der Waals surface area (Å²) in [4.78, 5) is 12.0. The number of nitrogens with one attached hydrogen (secondary N) is 1. The number of benzene rings is 1. The summed E-state index contributed by atoms with van der Waals surface area (Å²) < 4.78 is 8.04. The Kier molecular flexibility index (Phi) is 5.19. The third-order valence-electron chi connectivity index (χ3n) is 2.79. The molecule has 0 saturated carbocycles. The smallest absolute Gasteiger partial charge is 0.261 e. The van der Waals surface area contributed by atoms with E-state index in [2.05, 4.69) is 31.4 Å². The van der Waals surface area contributed by atoms with Crippen molar-refractivity contribution in [1.82, 2.24) is 20.1 Å². The van der Waals surface area contributed by atoms with Gasteiger partial charge in [0, 0.05) is 12.1 Å². The zero-order valence-corrected chi connectivity index (χ0v) is 13.8. The molecule has 8 heteroatoms. The molecule has 0 unspecified atom stereocenters. The van der Waals surface area contributed by atoms with Crippen molar-refractivity contribution in [2.24, 2.45) is 7.05 Å². The minimum Gasteiger partial charge on any atom is -0.480 e. The Morgan fingerprint density at radius 2 is 2.33 bits per heavy atom. The van der Waals surface area contributed by atoms with Gasteiger partial charge in [-0.2, -0.15) is 0 Å². The first-order chi connectivity index (χ1) is 9.97. The lowest BCUT2D eigenvalue weighted by molar-refractivity contribution is -0.127. The maximum absolute atomic E-state index is 12.0. The van der Waals surface area contributed by atoms with Crippen molar-refractivity contribution in [3.63, 3.8) is 0 Å². The van der Waals surface area contributed by atoms with Gasteiger partial charge in [0.25, 0.3) is 5.91 Å². The molecule has 0 fully saturated rings. The lowest BCUT2D eigenvalue weighted by atomic mass is 10.3. The Morgan fingerprint density at radius 3 is 2.95 bits per heavy atom. The number of nitrogens with zero attached hydrogens (tertiary/aromatic N) is 3. The molecule has 21 heavy (non-hydrogen) atoms. The number of aromatic nitrogens is 3. The summed E-state index contributed by atoms with van der Waals surface area (Å²) in [5, 5.41) is 11.0. The predicted molar refractivity (Wildman–Crippen MR) is 82.1 cm³/mol. The molecule has 1 atom stereocenters. The van der Waals surface area contributed by atoms with E-state index in [1.54, 1.807) is 36.0 Å². The number of ether oxygens (including phenoxy) is 1. The molecule has 0 bridgehead atoms. The van der Waals surface area contributed by atoms with Crippen molar-refractivity contribution in [1.29, 1.82) is 0 Å². The van der Waals surface area contributed by atoms with Gasteiger partial charge in [0.2, 0.25) is 0 Å². The van der Waals surface area contributed by atoms with Crippen LogP contribution in [0.25, 0.3) is 0 Å². The molecule has 6 nitrogen and oxygen atoms in total. The van der Waals surface area contributed by atoms with Gasteiger partial charge in [-0.25, -0.2) is 0 Å². The second-order valence-corrected chi connectivity index (χ2v) is 5.70. The Morgan fingerprint density at radius 1 is 1.57 bits per heavy atom. The van der Waals surface area contributed by atoms with Crippen molar-refractivity contribution in [3.05, 3.63) is 39.8 Å². The fourth-order valence-electron chi connectivity index (χ4n) is 1.59. The van der Waals surface area contributed by atoms with Crippen LogP contribution in [0.4, 0.5) is 0 Å². The molecule has 0 aliphatic heterocycles. The monoisotopic (exact) mass is 372 g/mol. The van der Waals surface area contributed by atoms with Crippen molar-refractivity contribution in [3.8, 4) is 5.75 Å². The highest BCUT2D eigenvalue weighted by molar-refractivity contribution is 9.10. The molecule has 1 N–H and O–H groups in total. The van der Waals surface area contributed by atoms with Crippen molar-refractivity contribution >= 4 is 33.4 Å². The van der Waals surface area contributed by atoms with Crippen LogP contribution in [0.2, 0.25) is 5.02 Å². The van der Waals surface area contributed by atoms with E-state index in [0.29, 0.717) is 27.6 Å². The first kappa shape index (κ1) is 15.8. The van der Waals surface area contributed by atoms with Gasteiger partial charge in [-0.1, -0.05) is 11.6 Å². The van der Waals surface area contributed by atoms with Crippen molar-refractivity contribution in [2.45, 2.75) is 19.6 Å². The number of hydrogen-bond donors (Lipinski definition) is 1. The SMILES string of the molecule is C[C@H](Oc1ccc(Cl)cc1Br)C(=O)NCc1nncn1C. The average Bonchev–Trinajstić information content (AvgIpc) is 2.84. The predicted octanol–water partition coefficient (Wildman–Crippen LogP) is 2.31. The van der Waals surface area contributed by atoms with Gasteiger partial charge in [0.1, 0.15) is 12.1 Å². The first-order valence-electron chi connectivity index (χ1n) is 6.19. The van der Waals surface area contributed by atoms with Crippen molar-refractivity contribution in [2.75, 3.05) is 0 Å². The minimum atomic E-state index is -0.643. The summed E-state index contributed by atoms with van der Waals surface area (Å²) in [6.45, 7) is 1.97. The molecule has 1 aromatic heterocycles. The first-order valence-corrected chi connectivity index (χ1v) is 7.36. The number of rotatable bonds is 5. The van der Waals surface area contributed by atoms with Gasteiger partial charge in [-0.05, 0) is 41.1 Å². The summed E-state index contributed by atoms with van der Waals surface area (Å²) >= 11 is 9.20. The topological polar surface area (TPSA) is 69.0 Å². The highest BCUT2D eigenvalue weighted by atomic mass is 79.9. The Labute approximate surface area is 135 Å². The van der Waals surface area contributed by atoms with Gasteiger partial charge in [0.05, 0.1) is 11.0 Å². The van der Waals surface area contributed by atoms with Crippen LogP contribution in [0.1, 0.15) is 12.7 Å². The molecule has 1 heterocycles. The maximum atomic E-state index is 12.0. The van der Waals surface area contributed by atoms with Gasteiger partial charge in [-0.15, -0.1) is 10.2 Å². The molecule has 0 aliphatic rings. The largest absolute Gasteiger partial charge is 0.480 e. The van der Waals surface area contributed by atoms with E-state index in [0.717, 1.165) is 0 Å². The van der Waals surface area contributed by atoms with Crippen LogP contribution >= 0.6 is 27.5 Å². The number of aryl methyl sites for hydroxylation is 1. The fraction of sp³-hybridized carbons (Fsp3) is 0.308. The van der Waals surface area contributed by atoms with Crippen LogP contribution in [0, 0.1) is 0 Å². The lowest BCUT2D eigenvalue weighted by Gasteiger charge is -2.15. The van der Waals surface area contributed by atoms with Crippen molar-refractivity contribution < 1.29 is 9.53 Å². The van der Waals surface area contributed by atoms with E-state index in [9.17, 15) is 4.79 Å². The van der Waals surface area contributed by atoms with E-state index in [4.69, 9.17) is 16.3 Å². The van der Waals surface area contributed by atoms with E-state index >= 15 is 0 Å². The average molecular weight is 374 g/mol. The molecule has 0 saturated heterocycles. The number of amides is 1. The molecule has 112 valence electrons. The van der Waals surface area contributed by atoms with Gasteiger partial charge in [0.15, 0.2) is 11.9 Å². The Hall–Kier alpha value is -1.60. The highest BCUT2D eigenvalue weighted by Gasteiger charge is 2.16. The molecule has 2 aromatic rings. The Bertz CT molecular complexity index is 647. The third-order valence-corrected chi connectivity index (χ3v) is 3.65. The lowest BCUT2D eigenvalue weighted by Crippen LogP contribution is -2.36. The van der Waals surface area contributed by atoms with Crippen LogP contribution in [-0.2, 0) is 18.4 Å². The molecule has 1 aromatic carbocycles. The summed E-state index contributed by atoms with van der Waals surface area (Å²) in [5.74, 6) is 0.990. The Balaban J connectivity index is 1.92. The second kappa shape index (κ2) is 6.91.